The van der Waals surface area contributed by atoms with Crippen LogP contribution in [-0.2, 0) is 0 Å². The maximum Gasteiger partial charge on any atom is 0.291 e. The number of hydrogen-bond donors (Lipinski definition) is 1. The predicted molar refractivity (Wildman–Crippen MR) is 74.6 cm³/mol. The highest BCUT2D eigenvalue weighted by Gasteiger charge is 2.11. The van der Waals surface area contributed by atoms with Gasteiger partial charge in [-0.05, 0) is 30.3 Å². The zero-order valence-electron chi connectivity index (χ0n) is 11.2. The molecule has 0 radical (unpaired) electrons. The van der Waals surface area contributed by atoms with Gasteiger partial charge in [0.2, 0.25) is 0 Å². The third kappa shape index (κ3) is 2.62. The first kappa shape index (κ1) is 12.9. The third-order valence-corrected chi connectivity index (χ3v) is 2.88. The van der Waals surface area contributed by atoms with Gasteiger partial charge < -0.3 is 14.5 Å². The van der Waals surface area contributed by atoms with Gasteiger partial charge in [-0.25, -0.2) is 0 Å². The second-order valence-corrected chi connectivity index (χ2v) is 4.19. The zero-order valence-corrected chi connectivity index (χ0v) is 11.2. The number of furan rings is 1. The topological polar surface area (TPSA) is 82.2 Å². The van der Waals surface area contributed by atoms with Crippen LogP contribution < -0.4 is 10.1 Å². The number of carbonyl (C=O) groups is 1. The molecule has 0 aliphatic carbocycles. The smallest absolute Gasteiger partial charge is 0.291 e. The highest BCUT2D eigenvalue weighted by Crippen LogP contribution is 2.26. The Bertz CT molecular complexity index is 736. The SMILES string of the molecule is COc1ccc(NC(=O)c2ccco2)cc1-n1cnnc1. The van der Waals surface area contributed by atoms with Crippen LogP contribution in [0.25, 0.3) is 5.69 Å². The van der Waals surface area contributed by atoms with Crippen molar-refractivity contribution in [1.29, 1.82) is 0 Å². The molecule has 1 N–H and O–H groups in total. The zero-order chi connectivity index (χ0) is 14.7. The molecule has 7 nitrogen and oxygen atoms in total. The largest absolute Gasteiger partial charge is 0.495 e. The highest BCUT2D eigenvalue weighted by molar-refractivity contribution is 6.02. The van der Waals surface area contributed by atoms with Gasteiger partial charge in [0.05, 0.1) is 19.1 Å². The summed E-state index contributed by atoms with van der Waals surface area (Å²) in [6.45, 7) is 0. The maximum atomic E-state index is 12.0. The van der Waals surface area contributed by atoms with E-state index in [2.05, 4.69) is 15.5 Å². The lowest BCUT2D eigenvalue weighted by atomic mass is 10.2. The van der Waals surface area contributed by atoms with E-state index in [-0.39, 0.29) is 11.7 Å². The van der Waals surface area contributed by atoms with Crippen molar-refractivity contribution < 1.29 is 13.9 Å². The number of nitrogens with one attached hydrogen (secondary N) is 1. The number of hydrogen-bond acceptors (Lipinski definition) is 5. The van der Waals surface area contributed by atoms with E-state index >= 15 is 0 Å². The van der Waals surface area contributed by atoms with Gasteiger partial charge in [0, 0.05) is 5.69 Å². The lowest BCUT2D eigenvalue weighted by Crippen LogP contribution is -2.11. The minimum atomic E-state index is -0.320. The van der Waals surface area contributed by atoms with Gasteiger partial charge in [-0.15, -0.1) is 10.2 Å². The number of benzene rings is 1. The van der Waals surface area contributed by atoms with Gasteiger partial charge in [-0.3, -0.25) is 9.36 Å². The molecule has 0 saturated heterocycles. The van der Waals surface area contributed by atoms with Crippen molar-refractivity contribution in [2.24, 2.45) is 0 Å². The number of anilines is 1. The van der Waals surface area contributed by atoms with Gasteiger partial charge in [-0.1, -0.05) is 0 Å². The standard InChI is InChI=1S/C14H12N4O3/c1-20-12-5-4-10(7-11(12)18-8-15-16-9-18)17-14(19)13-3-2-6-21-13/h2-9H,1H3,(H,17,19). The fourth-order valence-electron chi connectivity index (χ4n) is 1.90. The molecule has 106 valence electrons. The summed E-state index contributed by atoms with van der Waals surface area (Å²) in [5.41, 5.74) is 1.33. The summed E-state index contributed by atoms with van der Waals surface area (Å²) >= 11 is 0. The molecule has 21 heavy (non-hydrogen) atoms. The molecule has 3 rings (SSSR count). The predicted octanol–water partition coefficient (Wildman–Crippen LogP) is 2.12. The maximum absolute atomic E-state index is 12.0. The Balaban J connectivity index is 1.90. The molecule has 1 aromatic carbocycles. The molecule has 7 heteroatoms. The lowest BCUT2D eigenvalue weighted by molar-refractivity contribution is 0.0996. The fraction of sp³-hybridized carbons (Fsp3) is 0.0714. The molecule has 0 fully saturated rings. The molecule has 0 bridgehead atoms. The Labute approximate surface area is 120 Å². The monoisotopic (exact) mass is 284 g/mol. The van der Waals surface area contributed by atoms with Gasteiger partial charge >= 0.3 is 0 Å². The number of amides is 1. The highest BCUT2D eigenvalue weighted by atomic mass is 16.5. The fourth-order valence-corrected chi connectivity index (χ4v) is 1.90. The van der Waals surface area contributed by atoms with Gasteiger partial charge in [0.15, 0.2) is 5.76 Å². The number of nitrogens with zero attached hydrogens (tertiary/aromatic N) is 3. The van der Waals surface area contributed by atoms with Crippen molar-refractivity contribution in [1.82, 2.24) is 14.8 Å². The number of aromatic nitrogens is 3. The normalized spacial score (nSPS) is 10.3. The van der Waals surface area contributed by atoms with E-state index in [0.29, 0.717) is 11.4 Å². The van der Waals surface area contributed by atoms with Crippen LogP contribution in [0.2, 0.25) is 0 Å². The lowest BCUT2D eigenvalue weighted by Gasteiger charge is -2.11. The Morgan fingerprint density at radius 3 is 2.76 bits per heavy atom. The summed E-state index contributed by atoms with van der Waals surface area (Å²) < 4.78 is 12.0. The Hall–Kier alpha value is -3.09. The van der Waals surface area contributed by atoms with Crippen molar-refractivity contribution in [2.75, 3.05) is 12.4 Å². The minimum absolute atomic E-state index is 0.247. The van der Waals surface area contributed by atoms with Crippen LogP contribution in [0.3, 0.4) is 0 Å². The van der Waals surface area contributed by atoms with E-state index in [0.717, 1.165) is 5.69 Å². The van der Waals surface area contributed by atoms with Crippen molar-refractivity contribution >= 4 is 11.6 Å². The van der Waals surface area contributed by atoms with Crippen molar-refractivity contribution in [3.63, 3.8) is 0 Å². The molecule has 0 saturated carbocycles. The minimum Gasteiger partial charge on any atom is -0.495 e. The molecular weight excluding hydrogens is 272 g/mol. The van der Waals surface area contributed by atoms with Gasteiger partial charge in [0.1, 0.15) is 18.4 Å². The van der Waals surface area contributed by atoms with Crippen LogP contribution in [0.15, 0.2) is 53.7 Å². The summed E-state index contributed by atoms with van der Waals surface area (Å²) in [5, 5.41) is 10.3. The Kier molecular flexibility index (Phi) is 3.38. The van der Waals surface area contributed by atoms with E-state index in [4.69, 9.17) is 9.15 Å². The van der Waals surface area contributed by atoms with E-state index in [9.17, 15) is 4.79 Å². The molecule has 0 spiro atoms. The molecule has 0 aliphatic heterocycles. The van der Waals surface area contributed by atoms with Crippen LogP contribution in [0, 0.1) is 0 Å². The molecule has 2 heterocycles. The van der Waals surface area contributed by atoms with Crippen LogP contribution in [0.5, 0.6) is 5.75 Å². The number of carbonyl (C=O) groups excluding carboxylic acids is 1. The Morgan fingerprint density at radius 2 is 2.10 bits per heavy atom. The third-order valence-electron chi connectivity index (χ3n) is 2.88. The van der Waals surface area contributed by atoms with Gasteiger partial charge in [-0.2, -0.15) is 0 Å². The van der Waals surface area contributed by atoms with Crippen LogP contribution in [0.4, 0.5) is 5.69 Å². The molecule has 3 aromatic rings. The van der Waals surface area contributed by atoms with Crippen LogP contribution in [-0.4, -0.2) is 27.8 Å². The molecule has 0 unspecified atom stereocenters. The second-order valence-electron chi connectivity index (χ2n) is 4.19. The first-order chi connectivity index (χ1) is 10.3. The summed E-state index contributed by atoms with van der Waals surface area (Å²) in [6.07, 6.45) is 4.55. The van der Waals surface area contributed by atoms with Crippen molar-refractivity contribution in [3.05, 3.63) is 55.0 Å². The number of rotatable bonds is 4. The van der Waals surface area contributed by atoms with E-state index in [1.807, 2.05) is 0 Å². The van der Waals surface area contributed by atoms with Crippen molar-refractivity contribution in [3.8, 4) is 11.4 Å². The number of methoxy groups -OCH3 is 1. The molecule has 1 amide bonds. The molecule has 0 atom stereocenters. The van der Waals surface area contributed by atoms with E-state index in [1.54, 1.807) is 54.7 Å². The average Bonchev–Trinajstić information content (AvgIpc) is 3.20. The first-order valence-corrected chi connectivity index (χ1v) is 6.16. The average molecular weight is 284 g/mol. The van der Waals surface area contributed by atoms with Gasteiger partial charge in [0.25, 0.3) is 5.91 Å². The summed E-state index contributed by atoms with van der Waals surface area (Å²) in [5.74, 6) is 0.572. The van der Waals surface area contributed by atoms with E-state index in [1.165, 1.54) is 6.26 Å². The van der Waals surface area contributed by atoms with Crippen molar-refractivity contribution in [2.45, 2.75) is 0 Å². The first-order valence-electron chi connectivity index (χ1n) is 6.16. The second kappa shape index (κ2) is 5.49. The van der Waals surface area contributed by atoms with Crippen LogP contribution >= 0.6 is 0 Å². The molecule has 0 aliphatic rings. The van der Waals surface area contributed by atoms with E-state index < -0.39 is 0 Å². The van der Waals surface area contributed by atoms with Crippen LogP contribution in [0.1, 0.15) is 10.6 Å². The molecule has 2 aromatic heterocycles. The summed E-state index contributed by atoms with van der Waals surface area (Å²) in [7, 11) is 1.57. The summed E-state index contributed by atoms with van der Waals surface area (Å²) in [4.78, 5) is 12.0. The molecular formula is C14H12N4O3. The summed E-state index contributed by atoms with van der Waals surface area (Å²) in [6, 6.07) is 8.52. The number of ether oxygens (including phenoxy) is 1. The Morgan fingerprint density at radius 1 is 1.29 bits per heavy atom. The quantitative estimate of drug-likeness (QED) is 0.793.